The van der Waals surface area contributed by atoms with Crippen LogP contribution in [0.4, 0.5) is 5.69 Å². The fraction of sp³-hybridized carbons (Fsp3) is 0.0909. The maximum atomic E-state index is 12.8. The largest absolute Gasteiger partial charge is 0.483 e. The second kappa shape index (κ2) is 9.96. The van der Waals surface area contributed by atoms with Crippen molar-refractivity contribution in [2.24, 2.45) is 0 Å². The zero-order valence-electron chi connectivity index (χ0n) is 17.2. The molecule has 0 aromatic heterocycles. The molecule has 3 N–H and O–H groups in total. The average molecular weight is 508 g/mol. The van der Waals surface area contributed by atoms with E-state index in [0.29, 0.717) is 15.8 Å². The van der Waals surface area contributed by atoms with Gasteiger partial charge in [-0.2, -0.15) is 5.06 Å². The lowest BCUT2D eigenvalue weighted by molar-refractivity contribution is -0.126. The summed E-state index contributed by atoms with van der Waals surface area (Å²) in [5, 5.41) is 29.7. The first-order valence-corrected chi connectivity index (χ1v) is 10.1. The van der Waals surface area contributed by atoms with Gasteiger partial charge < -0.3 is 20.1 Å². The van der Waals surface area contributed by atoms with Gasteiger partial charge >= 0.3 is 17.9 Å². The Hall–Kier alpha value is -3.86. The molecule has 0 fully saturated rings. The Balaban J connectivity index is 1.97. The molecule has 0 saturated carbocycles. The van der Waals surface area contributed by atoms with Crippen molar-refractivity contribution in [1.82, 2.24) is 0 Å². The minimum Gasteiger partial charge on any atom is -0.483 e. The highest BCUT2D eigenvalue weighted by Crippen LogP contribution is 2.36. The Labute approximate surface area is 201 Å². The van der Waals surface area contributed by atoms with Crippen LogP contribution in [0.2, 0.25) is 10.0 Å². The summed E-state index contributed by atoms with van der Waals surface area (Å²) in [5.74, 6) is -4.99. The number of halogens is 2. The van der Waals surface area contributed by atoms with E-state index in [1.807, 2.05) is 0 Å². The fourth-order valence-corrected chi connectivity index (χ4v) is 3.78. The smallest absolute Gasteiger partial charge is 0.337 e. The molecule has 0 unspecified atom stereocenters. The van der Waals surface area contributed by atoms with Crippen LogP contribution in [0.1, 0.15) is 31.1 Å². The highest BCUT2D eigenvalue weighted by molar-refractivity contribution is 6.39. The van der Waals surface area contributed by atoms with E-state index in [1.165, 1.54) is 24.3 Å². The second-order valence-corrected chi connectivity index (χ2v) is 7.61. The molecule has 3 aromatic rings. The average Bonchev–Trinajstić information content (AvgIpc) is 2.77. The standard InChI is InChI=1S/C22H15Cl2NO9/c1-33-25(16-3-2-10(20(27)28)6-14(16)22(31)32)18(26)9-34-17-7-12(21(29)30)4-11-5-13(23)8-15(24)19(11)17/h2-8H,9H2,1H3,(H,27,28)(H,29,30)(H,31,32). The van der Waals surface area contributed by atoms with Gasteiger partial charge in [-0.1, -0.05) is 23.2 Å². The van der Waals surface area contributed by atoms with E-state index >= 15 is 0 Å². The number of anilines is 1. The lowest BCUT2D eigenvalue weighted by atomic mass is 10.1. The molecule has 0 bridgehead atoms. The number of aromatic carboxylic acids is 3. The van der Waals surface area contributed by atoms with Gasteiger partial charge in [0.1, 0.15) is 5.75 Å². The van der Waals surface area contributed by atoms with Crippen LogP contribution in [-0.2, 0) is 9.63 Å². The van der Waals surface area contributed by atoms with Gasteiger partial charge in [0.15, 0.2) is 6.61 Å². The molecule has 3 rings (SSSR count). The van der Waals surface area contributed by atoms with E-state index in [9.17, 15) is 29.4 Å². The quantitative estimate of drug-likeness (QED) is 0.380. The van der Waals surface area contributed by atoms with Gasteiger partial charge in [-0.3, -0.25) is 9.63 Å². The molecule has 34 heavy (non-hydrogen) atoms. The van der Waals surface area contributed by atoms with Crippen LogP contribution in [0.3, 0.4) is 0 Å². The summed E-state index contributed by atoms with van der Waals surface area (Å²) in [5.41, 5.74) is -1.17. The summed E-state index contributed by atoms with van der Waals surface area (Å²) in [4.78, 5) is 52.2. The van der Waals surface area contributed by atoms with Gasteiger partial charge in [0.25, 0.3) is 5.91 Å². The van der Waals surface area contributed by atoms with Gasteiger partial charge in [-0.25, -0.2) is 14.4 Å². The number of amides is 1. The topological polar surface area (TPSA) is 151 Å². The number of rotatable bonds is 8. The number of carbonyl (C=O) groups excluding carboxylic acids is 1. The van der Waals surface area contributed by atoms with Gasteiger partial charge in [0.2, 0.25) is 0 Å². The molecule has 12 heteroatoms. The molecule has 0 aliphatic heterocycles. The summed E-state index contributed by atoms with van der Waals surface area (Å²) in [7, 11) is 1.11. The predicted molar refractivity (Wildman–Crippen MR) is 121 cm³/mol. The van der Waals surface area contributed by atoms with Crippen molar-refractivity contribution >= 4 is 63.5 Å². The van der Waals surface area contributed by atoms with Crippen molar-refractivity contribution < 1.29 is 44.1 Å². The van der Waals surface area contributed by atoms with Crippen molar-refractivity contribution in [2.45, 2.75) is 0 Å². The molecule has 0 aliphatic rings. The number of fused-ring (bicyclic) bond motifs is 1. The minimum absolute atomic E-state index is 0.0272. The van der Waals surface area contributed by atoms with Gasteiger partial charge in [0, 0.05) is 10.4 Å². The van der Waals surface area contributed by atoms with Crippen LogP contribution in [0, 0.1) is 0 Å². The Morgan fingerprint density at radius 2 is 1.56 bits per heavy atom. The monoisotopic (exact) mass is 507 g/mol. The van der Waals surface area contributed by atoms with Gasteiger partial charge in [-0.15, -0.1) is 0 Å². The highest BCUT2D eigenvalue weighted by Gasteiger charge is 2.25. The number of hydrogen-bond donors (Lipinski definition) is 3. The Bertz CT molecular complexity index is 1340. The second-order valence-electron chi connectivity index (χ2n) is 6.77. The van der Waals surface area contributed by atoms with Crippen molar-refractivity contribution in [3.05, 3.63) is 69.2 Å². The number of ether oxygens (including phenoxy) is 1. The number of benzene rings is 3. The lowest BCUT2D eigenvalue weighted by Gasteiger charge is -2.22. The molecule has 0 saturated heterocycles. The van der Waals surface area contributed by atoms with Crippen LogP contribution < -0.4 is 9.80 Å². The lowest BCUT2D eigenvalue weighted by Crippen LogP contribution is -2.35. The molecule has 10 nitrogen and oxygen atoms in total. The van der Waals surface area contributed by atoms with Crippen LogP contribution >= 0.6 is 23.2 Å². The van der Waals surface area contributed by atoms with Gasteiger partial charge in [-0.05, 0) is 47.9 Å². The van der Waals surface area contributed by atoms with E-state index in [-0.39, 0.29) is 32.6 Å². The third-order valence-electron chi connectivity index (χ3n) is 4.63. The summed E-state index contributed by atoms with van der Waals surface area (Å²) in [6.45, 7) is -0.704. The van der Waals surface area contributed by atoms with Gasteiger partial charge in [0.05, 0.1) is 34.5 Å². The summed E-state index contributed by atoms with van der Waals surface area (Å²) in [6.07, 6.45) is 0. The molecule has 0 spiro atoms. The van der Waals surface area contributed by atoms with Crippen LogP contribution in [-0.4, -0.2) is 52.9 Å². The van der Waals surface area contributed by atoms with E-state index in [0.717, 1.165) is 25.3 Å². The third-order valence-corrected chi connectivity index (χ3v) is 5.15. The fourth-order valence-electron chi connectivity index (χ4n) is 3.18. The number of hydrogen-bond acceptors (Lipinski definition) is 6. The molecular weight excluding hydrogens is 493 g/mol. The van der Waals surface area contributed by atoms with Crippen molar-refractivity contribution in [3.8, 4) is 5.75 Å². The van der Waals surface area contributed by atoms with E-state index in [4.69, 9.17) is 37.9 Å². The number of nitrogens with zero attached hydrogens (tertiary/aromatic N) is 1. The third kappa shape index (κ3) is 5.04. The number of carboxylic acids is 3. The highest BCUT2D eigenvalue weighted by atomic mass is 35.5. The molecule has 1 amide bonds. The SMILES string of the molecule is CON(C(=O)COc1cc(C(=O)O)cc2cc(Cl)cc(Cl)c12)c1ccc(C(=O)O)cc1C(=O)O. The molecule has 3 aromatic carbocycles. The predicted octanol–water partition coefficient (Wildman–Crippen LogP) is 4.21. The van der Waals surface area contributed by atoms with Crippen LogP contribution in [0.15, 0.2) is 42.5 Å². The Morgan fingerprint density at radius 3 is 2.15 bits per heavy atom. The van der Waals surface area contributed by atoms with Crippen LogP contribution in [0.5, 0.6) is 5.75 Å². The molecule has 0 radical (unpaired) electrons. The minimum atomic E-state index is -1.49. The van der Waals surface area contributed by atoms with Crippen molar-refractivity contribution in [3.63, 3.8) is 0 Å². The van der Waals surface area contributed by atoms with Crippen molar-refractivity contribution in [1.29, 1.82) is 0 Å². The molecule has 0 atom stereocenters. The molecular formula is C22H15Cl2NO9. The molecule has 0 heterocycles. The van der Waals surface area contributed by atoms with E-state index in [1.54, 1.807) is 0 Å². The first-order valence-electron chi connectivity index (χ1n) is 9.30. The summed E-state index contributed by atoms with van der Waals surface area (Å²) < 4.78 is 5.56. The number of carbonyl (C=O) groups is 4. The van der Waals surface area contributed by atoms with Crippen molar-refractivity contribution in [2.75, 3.05) is 18.8 Å². The summed E-state index contributed by atoms with van der Waals surface area (Å²) >= 11 is 12.3. The maximum absolute atomic E-state index is 12.8. The first kappa shape index (κ1) is 24.8. The number of hydroxylamine groups is 1. The zero-order valence-corrected chi connectivity index (χ0v) is 18.8. The number of carboxylic acid groups (broad SMARTS) is 3. The van der Waals surface area contributed by atoms with E-state index < -0.39 is 36.0 Å². The van der Waals surface area contributed by atoms with E-state index in [2.05, 4.69) is 0 Å². The maximum Gasteiger partial charge on any atom is 0.337 e. The Morgan fingerprint density at radius 1 is 0.882 bits per heavy atom. The molecule has 176 valence electrons. The molecule has 0 aliphatic carbocycles. The van der Waals surface area contributed by atoms with Crippen LogP contribution in [0.25, 0.3) is 10.8 Å². The first-order chi connectivity index (χ1) is 16.0. The Kier molecular flexibility index (Phi) is 7.26. The summed E-state index contributed by atoms with van der Waals surface area (Å²) in [6, 6.07) is 8.52. The zero-order chi connectivity index (χ0) is 25.2. The normalized spacial score (nSPS) is 10.7.